The van der Waals surface area contributed by atoms with Gasteiger partial charge < -0.3 is 15.2 Å². The highest BCUT2D eigenvalue weighted by molar-refractivity contribution is 5.80. The number of carbonyl (C=O) groups excluding carboxylic acids is 1. The third kappa shape index (κ3) is 4.70. The molecule has 2 N–H and O–H groups in total. The highest BCUT2D eigenvalue weighted by Gasteiger charge is 2.24. The lowest BCUT2D eigenvalue weighted by molar-refractivity contribution is -0.127. The largest absolute Gasteiger partial charge is 0.481 e. The van der Waals surface area contributed by atoms with Crippen LogP contribution in [-0.2, 0) is 4.79 Å². The minimum absolute atomic E-state index is 0.126. The first-order chi connectivity index (χ1) is 10.1. The van der Waals surface area contributed by atoms with Gasteiger partial charge in [0.2, 0.25) is 0 Å². The highest BCUT2D eigenvalue weighted by Crippen LogP contribution is 2.23. The zero-order valence-electron chi connectivity index (χ0n) is 12.2. The molecule has 1 amide bonds. The normalized spacial score (nSPS) is 23.4. The van der Waals surface area contributed by atoms with Gasteiger partial charge in [-0.05, 0) is 44.0 Å². The van der Waals surface area contributed by atoms with Crippen molar-refractivity contribution in [2.45, 2.75) is 44.8 Å². The molecule has 4 nitrogen and oxygen atoms in total. The summed E-state index contributed by atoms with van der Waals surface area (Å²) in [5.74, 6) is 0.0142. The summed E-state index contributed by atoms with van der Waals surface area (Å²) in [6.07, 6.45) is 2.91. The summed E-state index contributed by atoms with van der Waals surface area (Å²) >= 11 is 0. The van der Waals surface area contributed by atoms with Crippen molar-refractivity contribution in [2.24, 2.45) is 5.92 Å². The van der Waals surface area contributed by atoms with E-state index in [-0.39, 0.29) is 23.7 Å². The SMILES string of the molecule is CC(Oc1ccc(F)cc1)C(=O)NCC1CCCCC1O. The average Bonchev–Trinajstić information content (AvgIpc) is 2.48. The van der Waals surface area contributed by atoms with Crippen molar-refractivity contribution in [3.05, 3.63) is 30.1 Å². The fourth-order valence-electron chi connectivity index (χ4n) is 2.57. The molecule has 3 atom stereocenters. The summed E-state index contributed by atoms with van der Waals surface area (Å²) < 4.78 is 18.2. The minimum atomic E-state index is -0.656. The van der Waals surface area contributed by atoms with E-state index < -0.39 is 6.10 Å². The van der Waals surface area contributed by atoms with Crippen LogP contribution in [0.3, 0.4) is 0 Å². The molecule has 0 aliphatic heterocycles. The van der Waals surface area contributed by atoms with Gasteiger partial charge in [0.1, 0.15) is 11.6 Å². The summed E-state index contributed by atoms with van der Waals surface area (Å²) in [6.45, 7) is 2.12. The molecule has 1 aliphatic carbocycles. The summed E-state index contributed by atoms with van der Waals surface area (Å²) in [4.78, 5) is 12.0. The molecule has 0 heterocycles. The van der Waals surface area contributed by atoms with E-state index in [0.29, 0.717) is 12.3 Å². The van der Waals surface area contributed by atoms with Gasteiger partial charge in [-0.2, -0.15) is 0 Å². The Balaban J connectivity index is 1.78. The van der Waals surface area contributed by atoms with E-state index in [0.717, 1.165) is 25.7 Å². The number of aliphatic hydroxyl groups excluding tert-OH is 1. The predicted octanol–water partition coefficient (Wildman–Crippen LogP) is 2.26. The van der Waals surface area contributed by atoms with Crippen LogP contribution in [0.1, 0.15) is 32.6 Å². The lowest BCUT2D eigenvalue weighted by atomic mass is 9.86. The van der Waals surface area contributed by atoms with Gasteiger partial charge in [-0.25, -0.2) is 4.39 Å². The number of hydrogen-bond donors (Lipinski definition) is 2. The van der Waals surface area contributed by atoms with Crippen LogP contribution in [0.5, 0.6) is 5.75 Å². The van der Waals surface area contributed by atoms with Crippen LogP contribution in [-0.4, -0.2) is 29.8 Å². The van der Waals surface area contributed by atoms with Gasteiger partial charge in [-0.3, -0.25) is 4.79 Å². The van der Waals surface area contributed by atoms with Crippen LogP contribution in [0.4, 0.5) is 4.39 Å². The molecule has 1 aliphatic rings. The first kappa shape index (κ1) is 15.8. The summed E-state index contributed by atoms with van der Waals surface area (Å²) in [5, 5.41) is 12.7. The molecule has 3 unspecified atom stereocenters. The highest BCUT2D eigenvalue weighted by atomic mass is 19.1. The summed E-state index contributed by atoms with van der Waals surface area (Å²) in [5.41, 5.74) is 0. The smallest absolute Gasteiger partial charge is 0.260 e. The van der Waals surface area contributed by atoms with E-state index >= 15 is 0 Å². The topological polar surface area (TPSA) is 58.6 Å². The molecule has 1 aromatic rings. The monoisotopic (exact) mass is 295 g/mol. The fourth-order valence-corrected chi connectivity index (χ4v) is 2.57. The fraction of sp³-hybridized carbons (Fsp3) is 0.562. The van der Waals surface area contributed by atoms with Crippen molar-refractivity contribution in [3.8, 4) is 5.75 Å². The molecular formula is C16H22FNO3. The molecule has 0 aromatic heterocycles. The molecule has 1 aromatic carbocycles. The Labute approximate surface area is 124 Å². The van der Waals surface area contributed by atoms with Crippen LogP contribution >= 0.6 is 0 Å². The van der Waals surface area contributed by atoms with Gasteiger partial charge in [-0.15, -0.1) is 0 Å². The molecule has 21 heavy (non-hydrogen) atoms. The van der Waals surface area contributed by atoms with Crippen molar-refractivity contribution in [1.82, 2.24) is 5.32 Å². The van der Waals surface area contributed by atoms with Gasteiger partial charge in [0.15, 0.2) is 6.10 Å². The second-order valence-corrected chi connectivity index (χ2v) is 5.57. The van der Waals surface area contributed by atoms with Crippen LogP contribution < -0.4 is 10.1 Å². The van der Waals surface area contributed by atoms with E-state index in [2.05, 4.69) is 5.32 Å². The van der Waals surface area contributed by atoms with Crippen molar-refractivity contribution in [2.75, 3.05) is 6.54 Å². The maximum atomic E-state index is 12.8. The number of amides is 1. The van der Waals surface area contributed by atoms with E-state index in [4.69, 9.17) is 4.74 Å². The summed E-state index contributed by atoms with van der Waals surface area (Å²) in [7, 11) is 0. The van der Waals surface area contributed by atoms with Crippen LogP contribution in [0.2, 0.25) is 0 Å². The number of ether oxygens (including phenoxy) is 1. The van der Waals surface area contributed by atoms with E-state index in [1.54, 1.807) is 6.92 Å². The molecule has 0 spiro atoms. The molecule has 1 fully saturated rings. The maximum Gasteiger partial charge on any atom is 0.260 e. The Hall–Kier alpha value is -1.62. The van der Waals surface area contributed by atoms with Crippen molar-refractivity contribution >= 4 is 5.91 Å². The van der Waals surface area contributed by atoms with Gasteiger partial charge in [0.25, 0.3) is 5.91 Å². The van der Waals surface area contributed by atoms with Crippen molar-refractivity contribution < 1.29 is 19.0 Å². The maximum absolute atomic E-state index is 12.8. The Morgan fingerprint density at radius 1 is 1.38 bits per heavy atom. The molecular weight excluding hydrogens is 273 g/mol. The lowest BCUT2D eigenvalue weighted by Crippen LogP contribution is -2.42. The van der Waals surface area contributed by atoms with Crippen LogP contribution in [0, 0.1) is 11.7 Å². The third-order valence-corrected chi connectivity index (χ3v) is 3.90. The minimum Gasteiger partial charge on any atom is -0.481 e. The number of benzene rings is 1. The standard InChI is InChI=1S/C16H22FNO3/c1-11(21-14-8-6-13(17)7-9-14)16(20)18-10-12-4-2-3-5-15(12)19/h6-9,11-12,15,19H,2-5,10H2,1H3,(H,18,20). The number of halogens is 1. The lowest BCUT2D eigenvalue weighted by Gasteiger charge is -2.28. The molecule has 0 radical (unpaired) electrons. The molecule has 0 saturated heterocycles. The van der Waals surface area contributed by atoms with E-state index in [1.165, 1.54) is 24.3 Å². The van der Waals surface area contributed by atoms with Gasteiger partial charge in [0.05, 0.1) is 6.10 Å². The second-order valence-electron chi connectivity index (χ2n) is 5.57. The first-order valence-electron chi connectivity index (χ1n) is 7.44. The Bertz CT molecular complexity index is 463. The molecule has 0 bridgehead atoms. The van der Waals surface area contributed by atoms with Crippen molar-refractivity contribution in [1.29, 1.82) is 0 Å². The number of hydrogen-bond acceptors (Lipinski definition) is 3. The number of carbonyl (C=O) groups is 1. The predicted molar refractivity (Wildman–Crippen MR) is 77.5 cm³/mol. The quantitative estimate of drug-likeness (QED) is 0.876. The number of nitrogens with one attached hydrogen (secondary N) is 1. The van der Waals surface area contributed by atoms with Crippen LogP contribution in [0.15, 0.2) is 24.3 Å². The first-order valence-corrected chi connectivity index (χ1v) is 7.44. The molecule has 1 saturated carbocycles. The Kier molecular flexibility index (Phi) is 5.56. The number of aliphatic hydroxyl groups is 1. The van der Waals surface area contributed by atoms with Gasteiger partial charge >= 0.3 is 0 Å². The zero-order chi connectivity index (χ0) is 15.2. The van der Waals surface area contributed by atoms with Crippen molar-refractivity contribution in [3.63, 3.8) is 0 Å². The van der Waals surface area contributed by atoms with Gasteiger partial charge in [0, 0.05) is 12.5 Å². The summed E-state index contributed by atoms with van der Waals surface area (Å²) in [6, 6.07) is 5.56. The van der Waals surface area contributed by atoms with E-state index in [9.17, 15) is 14.3 Å². The van der Waals surface area contributed by atoms with E-state index in [1.807, 2.05) is 0 Å². The second kappa shape index (κ2) is 7.41. The van der Waals surface area contributed by atoms with Gasteiger partial charge in [-0.1, -0.05) is 12.8 Å². The molecule has 116 valence electrons. The zero-order valence-corrected chi connectivity index (χ0v) is 12.2. The Morgan fingerprint density at radius 3 is 2.71 bits per heavy atom. The Morgan fingerprint density at radius 2 is 2.05 bits per heavy atom. The number of rotatable bonds is 5. The molecule has 2 rings (SSSR count). The average molecular weight is 295 g/mol. The van der Waals surface area contributed by atoms with Crippen LogP contribution in [0.25, 0.3) is 0 Å². The molecule has 5 heteroatoms. The third-order valence-electron chi connectivity index (χ3n) is 3.90.